The van der Waals surface area contributed by atoms with Crippen LogP contribution >= 0.6 is 0 Å². The SMILES string of the molecule is O=S([O-])OOS(=O)(=O)OOS(=O)(=O)OO.[Fe].[Fe]. The molecule has 0 aliphatic rings. The zero-order valence-corrected chi connectivity index (χ0v) is 11.5. The molecule has 1 unspecified atom stereocenters. The van der Waals surface area contributed by atoms with E-state index in [4.69, 9.17) is 5.26 Å². The molecule has 0 spiro atoms. The summed E-state index contributed by atoms with van der Waals surface area (Å²) >= 11 is -3.36. The van der Waals surface area contributed by atoms with Gasteiger partial charge in [0.2, 0.25) is 0 Å². The largest absolute Gasteiger partial charge is 0.747 e. The average Bonchev–Trinajstić information content (AvgIpc) is 2.13. The van der Waals surface area contributed by atoms with Crippen molar-refractivity contribution in [1.82, 2.24) is 0 Å². The van der Waals surface area contributed by atoms with Gasteiger partial charge in [-0.05, 0) is 0 Å². The van der Waals surface area contributed by atoms with Crippen molar-refractivity contribution in [3.63, 3.8) is 0 Å². The van der Waals surface area contributed by atoms with E-state index in [1.807, 2.05) is 0 Å². The molecule has 1 N–H and O–H groups in total. The summed E-state index contributed by atoms with van der Waals surface area (Å²) in [6.07, 6.45) is 0. The molecule has 0 saturated heterocycles. The molecule has 0 amide bonds. The minimum absolute atomic E-state index is 0. The first-order valence-corrected chi connectivity index (χ1v) is 6.02. The molecule has 0 aliphatic heterocycles. The van der Waals surface area contributed by atoms with Gasteiger partial charge in [-0.3, -0.25) is 0 Å². The van der Waals surface area contributed by atoms with Gasteiger partial charge in [0.05, 0.1) is 0 Å². The average molecular weight is 401 g/mol. The summed E-state index contributed by atoms with van der Waals surface area (Å²) in [4.78, 5) is 0. The first-order chi connectivity index (χ1) is 6.68. The molecule has 0 aromatic rings. The predicted molar refractivity (Wildman–Crippen MR) is 34.8 cm³/mol. The summed E-state index contributed by atoms with van der Waals surface area (Å²) in [5.41, 5.74) is 0. The van der Waals surface area contributed by atoms with Crippen molar-refractivity contribution in [2.24, 2.45) is 0 Å². The normalized spacial score (nSPS) is 13.3. The van der Waals surface area contributed by atoms with Gasteiger partial charge in [0.25, 0.3) is 0 Å². The second-order valence-corrected chi connectivity index (χ2v) is 4.10. The Labute approximate surface area is 118 Å². The summed E-state index contributed by atoms with van der Waals surface area (Å²) in [6.45, 7) is 0. The standard InChI is InChI=1S/2Fe.H2O12S3/c;;1-8-14(4,5)11-12-15(6,7)10-9-13(2)3/h;;1H,(H,2,3)/p-1. The van der Waals surface area contributed by atoms with Crippen LogP contribution in [0.3, 0.4) is 0 Å². The van der Waals surface area contributed by atoms with Crippen LogP contribution in [-0.2, 0) is 88.0 Å². The van der Waals surface area contributed by atoms with Crippen LogP contribution in [0.4, 0.5) is 0 Å². The minimum atomic E-state index is -5.23. The molecule has 0 aliphatic carbocycles. The zero-order valence-electron chi connectivity index (χ0n) is 6.87. The summed E-state index contributed by atoms with van der Waals surface area (Å²) < 4.78 is 74.7. The first kappa shape index (κ1) is 22.9. The van der Waals surface area contributed by atoms with Crippen molar-refractivity contribution in [1.29, 1.82) is 0 Å². The van der Waals surface area contributed by atoms with E-state index < -0.39 is 32.2 Å². The minimum Gasteiger partial charge on any atom is -0.747 e. The Kier molecular flexibility index (Phi) is 13.1. The van der Waals surface area contributed by atoms with Crippen LogP contribution < -0.4 is 0 Å². The Hall–Kier alpha value is 0.809. The molecule has 0 heterocycles. The van der Waals surface area contributed by atoms with E-state index in [1.54, 1.807) is 0 Å². The molecule has 0 bridgehead atoms. The molecule has 0 aromatic heterocycles. The van der Waals surface area contributed by atoms with E-state index in [0.29, 0.717) is 0 Å². The van der Waals surface area contributed by atoms with Gasteiger partial charge in [0.1, 0.15) is 11.4 Å². The molecule has 12 nitrogen and oxygen atoms in total. The van der Waals surface area contributed by atoms with E-state index in [0.717, 1.165) is 0 Å². The molecule has 0 radical (unpaired) electrons. The van der Waals surface area contributed by atoms with Gasteiger partial charge < -0.3 is 4.55 Å². The van der Waals surface area contributed by atoms with Crippen LogP contribution in [0.15, 0.2) is 0 Å². The van der Waals surface area contributed by atoms with E-state index in [1.165, 1.54) is 0 Å². The smallest absolute Gasteiger partial charge is 0.455 e. The molecule has 0 fully saturated rings. The quantitative estimate of drug-likeness (QED) is 0.208. The van der Waals surface area contributed by atoms with Crippen LogP contribution in [0.25, 0.3) is 0 Å². The maximum atomic E-state index is 10.3. The van der Waals surface area contributed by atoms with Crippen molar-refractivity contribution in [3.05, 3.63) is 0 Å². The van der Waals surface area contributed by atoms with Gasteiger partial charge in [0.15, 0.2) is 0 Å². The van der Waals surface area contributed by atoms with Crippen LogP contribution in [0.1, 0.15) is 0 Å². The molecule has 17 heavy (non-hydrogen) atoms. The monoisotopic (exact) mass is 401 g/mol. The molecular formula is HFe2O12S3-. The molecule has 0 saturated carbocycles. The summed E-state index contributed by atoms with van der Waals surface area (Å²) in [5, 5.41) is 7.55. The van der Waals surface area contributed by atoms with E-state index in [-0.39, 0.29) is 34.1 Å². The van der Waals surface area contributed by atoms with E-state index in [9.17, 15) is 25.6 Å². The van der Waals surface area contributed by atoms with E-state index in [2.05, 4.69) is 21.7 Å². The predicted octanol–water partition coefficient (Wildman–Crippen LogP) is -2.35. The molecule has 0 aromatic carbocycles. The van der Waals surface area contributed by atoms with Crippen molar-refractivity contribution in [3.8, 4) is 0 Å². The van der Waals surface area contributed by atoms with Gasteiger partial charge in [-0.15, -0.1) is 4.33 Å². The first-order valence-electron chi connectivity index (χ1n) is 2.35. The van der Waals surface area contributed by atoms with Gasteiger partial charge in [-0.2, -0.15) is 16.8 Å². The molecular weight excluding hydrogens is 400 g/mol. The molecule has 1 atom stereocenters. The molecule has 0 rings (SSSR count). The second kappa shape index (κ2) is 9.70. The number of rotatable bonds is 7. The van der Waals surface area contributed by atoms with Crippen LogP contribution in [0.5, 0.6) is 0 Å². The van der Waals surface area contributed by atoms with Crippen LogP contribution in [-0.4, -0.2) is 30.9 Å². The van der Waals surface area contributed by atoms with Gasteiger partial charge in [-0.1, -0.05) is 17.3 Å². The van der Waals surface area contributed by atoms with Crippen molar-refractivity contribution < 1.29 is 86.7 Å². The maximum Gasteiger partial charge on any atom is 0.455 e. The third kappa shape index (κ3) is 13.0. The Balaban J connectivity index is -0.000000980. The molecule has 108 valence electrons. The Morgan fingerprint density at radius 2 is 1.35 bits per heavy atom. The molecule has 17 heteroatoms. The summed E-state index contributed by atoms with van der Waals surface area (Å²) in [6, 6.07) is 0. The van der Waals surface area contributed by atoms with E-state index >= 15 is 0 Å². The Morgan fingerprint density at radius 1 is 0.941 bits per heavy atom. The summed E-state index contributed by atoms with van der Waals surface area (Å²) in [5.74, 6) is 0. The van der Waals surface area contributed by atoms with Gasteiger partial charge in [-0.25, -0.2) is 9.47 Å². The number of hydrogen-bond donors (Lipinski definition) is 1. The summed E-state index contributed by atoms with van der Waals surface area (Å²) in [7, 11) is -10.4. The third-order valence-corrected chi connectivity index (χ3v) is 1.69. The Morgan fingerprint density at radius 3 is 1.71 bits per heavy atom. The van der Waals surface area contributed by atoms with Gasteiger partial charge >= 0.3 is 20.8 Å². The Bertz CT molecular complexity index is 403. The van der Waals surface area contributed by atoms with Crippen molar-refractivity contribution >= 4 is 32.2 Å². The fourth-order valence-corrected chi connectivity index (χ4v) is 1.19. The van der Waals surface area contributed by atoms with Crippen LogP contribution in [0, 0.1) is 0 Å². The topological polar surface area (TPSA) is 175 Å². The fourth-order valence-electron chi connectivity index (χ4n) is 0.149. The van der Waals surface area contributed by atoms with Crippen molar-refractivity contribution in [2.45, 2.75) is 0 Å². The fraction of sp³-hybridized carbons (Fsp3) is 0. The zero-order chi connectivity index (χ0) is 12.1. The third-order valence-electron chi connectivity index (χ3n) is 0.452. The van der Waals surface area contributed by atoms with Crippen molar-refractivity contribution in [2.75, 3.05) is 0 Å². The number of hydrogen-bond acceptors (Lipinski definition) is 12. The van der Waals surface area contributed by atoms with Gasteiger partial charge in [0, 0.05) is 34.1 Å². The maximum absolute atomic E-state index is 10.3. The van der Waals surface area contributed by atoms with Crippen LogP contribution in [0.2, 0.25) is 0 Å². The second-order valence-electron chi connectivity index (χ2n) is 1.37.